The number of nitrogens with zero attached hydrogens (tertiary/aromatic N) is 8. The van der Waals surface area contributed by atoms with E-state index in [0.29, 0.717) is 109 Å². The molecule has 0 spiro atoms. The van der Waals surface area contributed by atoms with E-state index in [1.165, 1.54) is 78.6 Å². The van der Waals surface area contributed by atoms with E-state index in [1.807, 2.05) is 171 Å². The minimum atomic E-state index is -1.57. The Hall–Kier alpha value is -14.1. The molecule has 0 radical (unpaired) electrons. The zero-order valence-corrected chi connectivity index (χ0v) is 87.2. The molecule has 8 aromatic carbocycles. The number of benzene rings is 8. The lowest BCUT2D eigenvalue weighted by atomic mass is 9.91. The summed E-state index contributed by atoms with van der Waals surface area (Å²) >= 11 is 12.3. The highest BCUT2D eigenvalue weighted by molar-refractivity contribution is 7.15. The summed E-state index contributed by atoms with van der Waals surface area (Å²) in [6.45, 7) is 21.4. The summed E-state index contributed by atoms with van der Waals surface area (Å²) in [7, 11) is 9.34. The van der Waals surface area contributed by atoms with Crippen molar-refractivity contribution < 1.29 is 124 Å². The number of carboxylic acid groups (broad SMARTS) is 1. The molecule has 1 aliphatic heterocycles. The Morgan fingerprint density at radius 2 is 0.714 bits per heavy atom. The number of rotatable bonds is 38. The smallest absolute Gasteiger partial charge is 0.333 e. The highest BCUT2D eigenvalue weighted by Gasteiger charge is 2.47. The van der Waals surface area contributed by atoms with Gasteiger partial charge in [-0.15, -0.1) is 40.8 Å². The van der Waals surface area contributed by atoms with Crippen LogP contribution in [0, 0.1) is 47.5 Å². The largest absolute Gasteiger partial charge is 0.508 e. The van der Waals surface area contributed by atoms with Crippen LogP contribution in [0.1, 0.15) is 162 Å². The average molecular weight is 2100 g/mol. The van der Waals surface area contributed by atoms with Crippen molar-refractivity contribution in [2.24, 2.45) is 5.92 Å². The van der Waals surface area contributed by atoms with E-state index >= 15 is 0 Å². The summed E-state index contributed by atoms with van der Waals surface area (Å²) in [5, 5.41) is 100. The number of hydrogen-bond acceptors (Lipinski definition) is 37. The number of halogens is 1. The first kappa shape index (κ1) is 109. The molecule has 1 aliphatic rings. The second-order valence-corrected chi connectivity index (χ2v) is 38.2. The lowest BCUT2D eigenvalue weighted by Crippen LogP contribution is -2.57. The van der Waals surface area contributed by atoms with Crippen LogP contribution in [0.2, 0.25) is 5.02 Å². The fourth-order valence-corrected chi connectivity index (χ4v) is 19.0. The SMILES string of the molecule is CCOC(C(=O)c1ccc(-c2cc(O)c(C)c(OC)c2)o1)c1ccc(-c2nnc(C)s2)cc1.CCOC(C(=O)c1ccc(-c2cc(OC)c(C)c(OC)c2)o1)c1ccc(-c2nnc(CO)s2)cc1.CCOC(C(=O)c1ccc(-c2cc(OC)c(Cl)c(O[C@H]3O[C@H](C(=O)O)[C@@H](C)[C@H](O)[C@H]3O)c2)o1)c1ccc(-c2nnc(C)s2)cc1.CCOC(c1ccc(-c2nnc(C)s2)cc1)C(O)c1ccc(-c2cc(OC)c(C)c(OC)c2)o1. The van der Waals surface area contributed by atoms with Crippen LogP contribution in [-0.4, -0.2) is 188 Å². The van der Waals surface area contributed by atoms with E-state index < -0.39 is 72.8 Å². The standard InChI is InChI=1S/C31H31ClN2O10S.C26H26N2O6S.C26H28N2O5S.C25H24N2O5S/c1-5-41-28(16-6-8-17(9-7-16)29-34-33-15(3)45-29)25(36)20-11-10-19(42-20)18-12-21(40-4)23(32)22(13-18)43-31-26(37)24(35)14(2)27(44-31)30(38)39;1-5-33-25(16-6-8-17(9-7-16)26-28-27-23(14-29)35-26)24(30)20-11-10-19(34-20)18-12-21(31-3)15(2)22(13-18)32-4;1-6-32-25(17-7-9-18(10-8-17)26-28-27-16(3)34-26)24(29)21-12-11-20(33-21)19-13-22(30-4)15(2)23(14-19)31-5;1-5-31-24(16-6-8-17(9-7-16)25-27-26-15(3)33-25)23(29)21-11-10-20(32-21)18-12-19(28)14(2)22(13-18)30-4/h6-14,24,26-28,31,35,37H,5H2,1-4H3,(H,38,39);6-13,25,29H,5,14H2,1-4H3;7-14,24-25,29H,6H2,1-5H3;6-13,24,28H,5H2,1-4H3/t14-,24-,26+,27-,28?,31-;;;/m0.../s1. The van der Waals surface area contributed by atoms with Crippen LogP contribution in [0.4, 0.5) is 0 Å². The Morgan fingerprint density at radius 3 is 1.05 bits per heavy atom. The predicted molar refractivity (Wildman–Crippen MR) is 552 cm³/mol. The average Bonchev–Trinajstić information content (AvgIpc) is 1.75. The molecular weight excluding hydrogens is 1990 g/mol. The van der Waals surface area contributed by atoms with Gasteiger partial charge < -0.3 is 105 Å². The highest BCUT2D eigenvalue weighted by atomic mass is 35.5. The van der Waals surface area contributed by atoms with Gasteiger partial charge in [0.25, 0.3) is 0 Å². The van der Waals surface area contributed by atoms with Crippen LogP contribution in [0.3, 0.4) is 0 Å². The number of aliphatic carboxylic acids is 1. The quantitative estimate of drug-likeness (QED) is 0.0196. The van der Waals surface area contributed by atoms with Gasteiger partial charge in [-0.2, -0.15) is 0 Å². The molecule has 0 amide bonds. The molecule has 16 aromatic rings. The van der Waals surface area contributed by atoms with Crippen molar-refractivity contribution in [3.63, 3.8) is 0 Å². The van der Waals surface area contributed by atoms with Gasteiger partial charge in [-0.25, -0.2) is 4.79 Å². The molecule has 1 fully saturated rings. The first-order chi connectivity index (χ1) is 70.8. The minimum absolute atomic E-state index is 0.00318. The van der Waals surface area contributed by atoms with E-state index in [9.17, 15) is 49.8 Å². The van der Waals surface area contributed by atoms with E-state index in [1.54, 1.807) is 109 Å². The fourth-order valence-electron chi connectivity index (χ4n) is 15.9. The molecule has 17 rings (SSSR count). The molecule has 0 aliphatic carbocycles. The maximum atomic E-state index is 13.6. The number of Topliss-reactive ketones (excluding diaryl/α,β-unsaturated/α-hetero) is 3. The van der Waals surface area contributed by atoms with Crippen molar-refractivity contribution in [2.45, 2.75) is 138 Å². The molecule has 6 N–H and O–H groups in total. The van der Waals surface area contributed by atoms with Gasteiger partial charge in [0.2, 0.25) is 23.6 Å². The minimum Gasteiger partial charge on any atom is -0.508 e. The maximum absolute atomic E-state index is 13.6. The number of carboxylic acids is 1. The number of aliphatic hydroxyl groups is 4. The Balaban J connectivity index is 0.000000156. The van der Waals surface area contributed by atoms with E-state index in [-0.39, 0.29) is 70.1 Å². The third kappa shape index (κ3) is 25.4. The number of aliphatic hydroxyl groups excluding tert-OH is 4. The summed E-state index contributed by atoms with van der Waals surface area (Å²) in [6, 6.07) is 57.3. The Kier molecular flexibility index (Phi) is 36.9. The van der Waals surface area contributed by atoms with Crippen molar-refractivity contribution in [2.75, 3.05) is 69.1 Å². The lowest BCUT2D eigenvalue weighted by Gasteiger charge is -2.39. The van der Waals surface area contributed by atoms with Crippen molar-refractivity contribution >= 4 is 80.3 Å². The zero-order valence-electron chi connectivity index (χ0n) is 83.2. The van der Waals surface area contributed by atoms with Gasteiger partial charge >= 0.3 is 5.97 Å². The molecule has 34 nitrogen and oxygen atoms in total. The third-order valence-corrected chi connectivity index (χ3v) is 27.7. The van der Waals surface area contributed by atoms with Crippen molar-refractivity contribution in [1.29, 1.82) is 0 Å². The van der Waals surface area contributed by atoms with Crippen molar-refractivity contribution in [3.8, 4) is 134 Å². The second-order valence-electron chi connectivity index (χ2n) is 33.2. The number of ketones is 3. The first-order valence-electron chi connectivity index (χ1n) is 46.4. The molecule has 1 saturated heterocycles. The monoisotopic (exact) mass is 2100 g/mol. The van der Waals surface area contributed by atoms with Crippen molar-refractivity contribution in [3.05, 3.63) is 281 Å². The Labute approximate surface area is 867 Å². The second kappa shape index (κ2) is 49.9. The van der Waals surface area contributed by atoms with Crippen LogP contribution in [0.5, 0.6) is 46.0 Å². The van der Waals surface area contributed by atoms with Gasteiger partial charge in [-0.05, 0) is 189 Å². The fraction of sp³-hybridized carbons (Fsp3) is 0.296. The highest BCUT2D eigenvalue weighted by Crippen LogP contribution is 2.46. The molecule has 768 valence electrons. The first-order valence-corrected chi connectivity index (χ1v) is 50.0. The van der Waals surface area contributed by atoms with Crippen LogP contribution in [0.25, 0.3) is 87.6 Å². The number of carbonyl (C=O) groups is 4. The molecule has 0 bridgehead atoms. The normalized spacial score (nSPS) is 15.3. The number of furan rings is 4. The lowest BCUT2D eigenvalue weighted by molar-refractivity contribution is -0.256. The predicted octanol–water partition coefficient (Wildman–Crippen LogP) is 21.9. The number of methoxy groups -OCH3 is 6. The molecular formula is C108H109ClN8O26S4. The number of aromatic nitrogens is 8. The molecule has 5 unspecified atom stereocenters. The molecule has 8 aromatic heterocycles. The number of phenolic OH excluding ortho intramolecular Hbond substituents is 1. The van der Waals surface area contributed by atoms with E-state index in [0.717, 1.165) is 85.7 Å². The maximum Gasteiger partial charge on any atom is 0.333 e. The Morgan fingerprint density at radius 1 is 0.388 bits per heavy atom. The van der Waals surface area contributed by atoms with Crippen LogP contribution in [0.15, 0.2) is 212 Å². The topological polar surface area (TPSA) is 456 Å². The molecule has 39 heteroatoms. The van der Waals surface area contributed by atoms with Gasteiger partial charge in [-0.3, -0.25) is 14.4 Å². The number of aromatic hydroxyl groups is 1. The van der Waals surface area contributed by atoms with Gasteiger partial charge in [0.05, 0.1) is 55.4 Å². The molecule has 0 saturated carbocycles. The molecule has 147 heavy (non-hydrogen) atoms. The number of aryl methyl sites for hydroxylation is 3. The van der Waals surface area contributed by atoms with Gasteiger partial charge in [-0.1, -0.05) is 161 Å². The number of ether oxygens (including phenoxy) is 12. The molecule has 10 atom stereocenters. The van der Waals surface area contributed by atoms with Crippen molar-refractivity contribution in [1.82, 2.24) is 40.8 Å². The number of phenols is 1. The number of carbonyl (C=O) groups excluding carboxylic acids is 3. The van der Waals surface area contributed by atoms with Crippen LogP contribution in [-0.2, 0) is 35.1 Å². The summed E-state index contributed by atoms with van der Waals surface area (Å²) in [5.74, 6) is 2.94. The molecule has 9 heterocycles. The van der Waals surface area contributed by atoms with Crippen LogP contribution >= 0.6 is 56.9 Å². The summed E-state index contributed by atoms with van der Waals surface area (Å²) in [4.78, 5) is 51.9. The summed E-state index contributed by atoms with van der Waals surface area (Å²) in [6.07, 6.45) is -10.1. The summed E-state index contributed by atoms with van der Waals surface area (Å²) < 4.78 is 91.0. The Bertz CT molecular complexity index is 7140. The van der Waals surface area contributed by atoms with Gasteiger partial charge in [0.1, 0.15) is 157 Å². The van der Waals surface area contributed by atoms with Gasteiger partial charge in [0, 0.05) is 93.5 Å². The van der Waals surface area contributed by atoms with E-state index in [4.69, 9.17) is 86.1 Å². The number of hydrogen-bond donors (Lipinski definition) is 6. The third-order valence-electron chi connectivity index (χ3n) is 23.7. The van der Waals surface area contributed by atoms with E-state index in [2.05, 4.69) is 40.8 Å². The zero-order chi connectivity index (χ0) is 105. The van der Waals surface area contributed by atoms with Crippen LogP contribution < -0.4 is 33.2 Å². The summed E-state index contributed by atoms with van der Waals surface area (Å²) in [5.41, 5.74) is 11.5. The van der Waals surface area contributed by atoms with Gasteiger partial charge in [0.15, 0.2) is 23.4 Å².